The van der Waals surface area contributed by atoms with Crippen molar-refractivity contribution in [1.82, 2.24) is 10.2 Å². The van der Waals surface area contributed by atoms with E-state index in [0.29, 0.717) is 31.2 Å². The van der Waals surface area contributed by atoms with E-state index >= 15 is 0 Å². The van der Waals surface area contributed by atoms with Gasteiger partial charge in [0, 0.05) is 35.3 Å². The molecule has 1 aromatic rings. The first kappa shape index (κ1) is 38.0. The number of aliphatic hydroxyl groups is 1. The number of ether oxygens (including phenoxy) is 1. The molecule has 0 unspecified atom stereocenters. The van der Waals surface area contributed by atoms with Crippen molar-refractivity contribution in [2.24, 2.45) is 44.8 Å². The van der Waals surface area contributed by atoms with Gasteiger partial charge in [-0.1, -0.05) is 39.0 Å². The number of alkyl halides is 7. The molecule has 1 aromatic carbocycles. The second kappa shape index (κ2) is 11.6. The first-order valence-corrected chi connectivity index (χ1v) is 17.6. The van der Waals surface area contributed by atoms with Gasteiger partial charge < -0.3 is 20.1 Å². The molecule has 0 saturated heterocycles. The van der Waals surface area contributed by atoms with E-state index in [9.17, 15) is 50.2 Å². The minimum atomic E-state index is -6.56. The SMILES string of the molecule is C[C@@H]([C@H]1[C@H](OC(=O)c2ccccc2)C[C@@]2(C)[C@@H]3CC[C@H]4[C@](C)(CO)[C@@H](NC(=O)C(F)(C(F)(F)F)C(F)(F)F)CC[C@@]45C[C@]35C(=O)C[C@]12C)N(C)C. The Bertz CT molecular complexity index is 1570. The van der Waals surface area contributed by atoms with Crippen molar-refractivity contribution in [2.75, 3.05) is 20.7 Å². The van der Waals surface area contributed by atoms with Crippen LogP contribution in [0.3, 0.4) is 0 Å². The number of Topliss-reactive ketones (excluding diaryl/α,β-unsaturated/α-hetero) is 1. The molecule has 0 aromatic heterocycles. The summed E-state index contributed by atoms with van der Waals surface area (Å²) in [5, 5.41) is 12.5. The van der Waals surface area contributed by atoms with Gasteiger partial charge in [0.05, 0.1) is 12.2 Å². The Labute approximate surface area is 293 Å². The molecule has 2 spiro atoms. The fraction of sp³-hybridized carbons (Fsp3) is 0.757. The van der Waals surface area contributed by atoms with E-state index in [0.717, 1.165) is 0 Å². The number of nitrogens with zero attached hydrogens (tertiary/aromatic N) is 1. The number of rotatable bonds is 7. The van der Waals surface area contributed by atoms with Gasteiger partial charge in [0.2, 0.25) is 0 Å². The zero-order valence-electron chi connectivity index (χ0n) is 29.7. The summed E-state index contributed by atoms with van der Waals surface area (Å²) in [6.45, 7) is 7.12. The van der Waals surface area contributed by atoms with Crippen LogP contribution in [0.4, 0.5) is 30.7 Å². The van der Waals surface area contributed by atoms with E-state index in [2.05, 4.69) is 25.7 Å². The molecule has 7 nitrogen and oxygen atoms in total. The van der Waals surface area contributed by atoms with Crippen molar-refractivity contribution in [3.63, 3.8) is 0 Å². The van der Waals surface area contributed by atoms with Crippen LogP contribution in [0.2, 0.25) is 0 Å². The van der Waals surface area contributed by atoms with Gasteiger partial charge in [0.1, 0.15) is 11.9 Å². The van der Waals surface area contributed by atoms with Gasteiger partial charge in [-0.2, -0.15) is 26.3 Å². The van der Waals surface area contributed by atoms with E-state index in [4.69, 9.17) is 4.74 Å². The predicted molar refractivity (Wildman–Crippen MR) is 171 cm³/mol. The maximum atomic E-state index is 14.8. The molecule has 2 N–H and O–H groups in total. The summed E-state index contributed by atoms with van der Waals surface area (Å²) in [6, 6.07) is 7.19. The highest BCUT2D eigenvalue weighted by Crippen LogP contribution is 2.88. The van der Waals surface area contributed by atoms with Crippen LogP contribution < -0.4 is 5.32 Å². The normalized spacial score (nSPS) is 41.2. The number of carbonyl (C=O) groups excluding carboxylic acids is 3. The lowest BCUT2D eigenvalue weighted by molar-refractivity contribution is -0.326. The van der Waals surface area contributed by atoms with E-state index < -0.39 is 81.6 Å². The van der Waals surface area contributed by atoms with Crippen LogP contribution in [0, 0.1) is 44.8 Å². The Morgan fingerprint density at radius 2 is 1.55 bits per heavy atom. The first-order valence-electron chi connectivity index (χ1n) is 17.6. The molecule has 0 bridgehead atoms. The van der Waals surface area contributed by atoms with Crippen molar-refractivity contribution in [2.45, 2.75) is 109 Å². The summed E-state index contributed by atoms with van der Waals surface area (Å²) >= 11 is 0. The Balaban J connectivity index is 1.33. The summed E-state index contributed by atoms with van der Waals surface area (Å²) in [7, 11) is 3.88. The molecule has 51 heavy (non-hydrogen) atoms. The van der Waals surface area contributed by atoms with Crippen LogP contribution in [0.5, 0.6) is 0 Å². The quantitative estimate of drug-likeness (QED) is 0.240. The number of aliphatic hydroxyl groups excluding tert-OH is 1. The number of hydrogen-bond donors (Lipinski definition) is 2. The average Bonchev–Trinajstić information content (AvgIpc) is 3.68. The number of esters is 1. The number of hydrogen-bond acceptors (Lipinski definition) is 6. The number of benzene rings is 1. The zero-order chi connectivity index (χ0) is 38.0. The van der Waals surface area contributed by atoms with Gasteiger partial charge in [-0.3, -0.25) is 9.59 Å². The standard InChI is InChI=1S/C37H47F7N2O5/c1-20(46(5)6)27-22(51-28(49)21-10-8-7-9-11-21)16-31(3)24-13-12-23-30(2,19-47)25(45-29(50)35(38,36(39,40)41)37(42,43)44)14-15-33(23)18-34(24,33)26(48)17-32(27,31)4/h7-11,20,22-25,27,47H,12-19H2,1-6H3,(H,45,50)/t20-,22+,23-,24-,25-,27-,30-,31-,32+,33+,34+/m0/s1. The van der Waals surface area contributed by atoms with E-state index in [1.165, 1.54) is 6.92 Å². The number of carbonyl (C=O) groups is 3. The molecular weight excluding hydrogens is 685 g/mol. The molecule has 11 atom stereocenters. The predicted octanol–water partition coefficient (Wildman–Crippen LogP) is 6.68. The fourth-order valence-electron chi connectivity index (χ4n) is 12.2. The Morgan fingerprint density at radius 3 is 2.10 bits per heavy atom. The van der Waals surface area contributed by atoms with Crippen molar-refractivity contribution < 1.29 is 55.0 Å². The second-order valence-electron chi connectivity index (χ2n) is 17.0. The highest BCUT2D eigenvalue weighted by molar-refractivity contribution is 5.92. The molecular formula is C37H47F7N2O5. The Hall–Kier alpha value is -2.74. The van der Waals surface area contributed by atoms with Crippen LogP contribution in [0.25, 0.3) is 0 Å². The third-order valence-electron chi connectivity index (χ3n) is 15.0. The lowest BCUT2D eigenvalue weighted by Gasteiger charge is -2.62. The lowest BCUT2D eigenvalue weighted by atomic mass is 9.41. The fourth-order valence-corrected chi connectivity index (χ4v) is 12.2. The Morgan fingerprint density at radius 1 is 0.961 bits per heavy atom. The van der Waals surface area contributed by atoms with Crippen molar-refractivity contribution >= 4 is 17.7 Å². The number of nitrogens with one attached hydrogen (secondary N) is 1. The van der Waals surface area contributed by atoms with Crippen molar-refractivity contribution in [3.8, 4) is 0 Å². The third-order valence-corrected chi connectivity index (χ3v) is 15.0. The first-order chi connectivity index (χ1) is 23.4. The van der Waals surface area contributed by atoms with Gasteiger partial charge in [0.25, 0.3) is 5.91 Å². The van der Waals surface area contributed by atoms with Crippen molar-refractivity contribution in [3.05, 3.63) is 35.9 Å². The van der Waals surface area contributed by atoms with E-state index in [-0.39, 0.29) is 42.9 Å². The molecule has 284 valence electrons. The Kier molecular flexibility index (Phi) is 8.66. The summed E-state index contributed by atoms with van der Waals surface area (Å²) in [5.74, 6) is -4.21. The smallest absolute Gasteiger partial charge is 0.441 e. The second-order valence-corrected chi connectivity index (χ2v) is 17.0. The van der Waals surface area contributed by atoms with Gasteiger partial charge in [-0.25, -0.2) is 9.18 Å². The molecule has 14 heteroatoms. The summed E-state index contributed by atoms with van der Waals surface area (Å²) in [4.78, 5) is 42.9. The zero-order valence-corrected chi connectivity index (χ0v) is 29.7. The van der Waals surface area contributed by atoms with Crippen molar-refractivity contribution in [1.29, 1.82) is 0 Å². The number of amides is 1. The van der Waals surface area contributed by atoms with Crippen LogP contribution >= 0.6 is 0 Å². The molecule has 0 aliphatic heterocycles. The molecule has 5 aliphatic carbocycles. The van der Waals surface area contributed by atoms with Gasteiger partial charge in [-0.05, 0) is 99.8 Å². The van der Waals surface area contributed by atoms with Gasteiger partial charge >= 0.3 is 24.0 Å². The summed E-state index contributed by atoms with van der Waals surface area (Å²) in [6.07, 6.45) is -11.6. The van der Waals surface area contributed by atoms with Crippen LogP contribution in [0.1, 0.15) is 83.0 Å². The van der Waals surface area contributed by atoms with Gasteiger partial charge in [0.15, 0.2) is 0 Å². The molecule has 0 heterocycles. The highest BCUT2D eigenvalue weighted by atomic mass is 19.4. The lowest BCUT2D eigenvalue weighted by Crippen LogP contribution is -2.68. The van der Waals surface area contributed by atoms with Crippen LogP contribution in [-0.4, -0.2) is 84.6 Å². The van der Waals surface area contributed by atoms with Gasteiger partial charge in [-0.15, -0.1) is 0 Å². The number of fused-ring (bicyclic) bond motifs is 2. The minimum Gasteiger partial charge on any atom is -0.458 e. The largest absolute Gasteiger partial charge is 0.458 e. The molecule has 5 fully saturated rings. The number of halogens is 7. The molecule has 1 amide bonds. The minimum absolute atomic E-state index is 0.0304. The summed E-state index contributed by atoms with van der Waals surface area (Å²) < 4.78 is 102. The number of ketones is 1. The summed E-state index contributed by atoms with van der Waals surface area (Å²) in [5.41, 5.74) is -9.82. The van der Waals surface area contributed by atoms with E-state index in [1.807, 2.05) is 14.1 Å². The maximum Gasteiger partial charge on any atom is 0.441 e. The molecule has 5 saturated carbocycles. The topological polar surface area (TPSA) is 95.9 Å². The molecule has 6 rings (SSSR count). The molecule has 5 aliphatic rings. The average molecular weight is 733 g/mol. The van der Waals surface area contributed by atoms with E-state index in [1.54, 1.807) is 35.6 Å². The monoisotopic (exact) mass is 732 g/mol. The maximum absolute atomic E-state index is 14.8. The van der Waals surface area contributed by atoms with Crippen LogP contribution in [0.15, 0.2) is 30.3 Å². The molecule has 0 radical (unpaired) electrons. The van der Waals surface area contributed by atoms with Crippen LogP contribution in [-0.2, 0) is 14.3 Å². The third kappa shape index (κ3) is 4.85. The highest BCUT2D eigenvalue weighted by Gasteiger charge is 2.87.